The van der Waals surface area contributed by atoms with Crippen molar-refractivity contribution in [3.05, 3.63) is 45.0 Å². The normalized spacial score (nSPS) is 13.6. The summed E-state index contributed by atoms with van der Waals surface area (Å²) in [5.74, 6) is -2.63. The van der Waals surface area contributed by atoms with E-state index in [0.29, 0.717) is 24.0 Å². The molecule has 128 valence electrons. The molecule has 0 fully saturated rings. The highest BCUT2D eigenvalue weighted by Crippen LogP contribution is 2.33. The van der Waals surface area contributed by atoms with Crippen LogP contribution in [0.3, 0.4) is 0 Å². The minimum absolute atomic E-state index is 0.00196. The molecule has 6 nitrogen and oxygen atoms in total. The Hall–Kier alpha value is -2.63. The second-order valence-corrected chi connectivity index (χ2v) is 5.99. The summed E-state index contributed by atoms with van der Waals surface area (Å²) in [7, 11) is 0. The van der Waals surface area contributed by atoms with Gasteiger partial charge in [-0.15, -0.1) is 0 Å². The molecular formula is C18H20O6. The first-order valence-electron chi connectivity index (χ1n) is 7.66. The highest BCUT2D eigenvalue weighted by Gasteiger charge is 2.32. The number of aromatic carboxylic acids is 1. The Bertz CT molecular complexity index is 758. The van der Waals surface area contributed by atoms with Gasteiger partial charge in [0.05, 0.1) is 11.1 Å². The molecule has 0 atom stereocenters. The predicted molar refractivity (Wildman–Crippen MR) is 86.3 cm³/mol. The van der Waals surface area contributed by atoms with Gasteiger partial charge in [-0.05, 0) is 50.3 Å². The Kier molecular flexibility index (Phi) is 5.07. The number of hydrogen-bond acceptors (Lipinski definition) is 4. The Morgan fingerprint density at radius 1 is 1.17 bits per heavy atom. The van der Waals surface area contributed by atoms with Gasteiger partial charge in [0.15, 0.2) is 0 Å². The predicted octanol–water partition coefficient (Wildman–Crippen LogP) is 3.03. The summed E-state index contributed by atoms with van der Waals surface area (Å²) < 4.78 is 5.01. The van der Waals surface area contributed by atoms with Crippen LogP contribution < -0.4 is 0 Å². The van der Waals surface area contributed by atoms with E-state index in [0.717, 1.165) is 16.7 Å². The molecule has 0 aromatic heterocycles. The zero-order valence-electron chi connectivity index (χ0n) is 13.9. The molecule has 1 aliphatic rings. The average molecular weight is 332 g/mol. The van der Waals surface area contributed by atoms with Crippen molar-refractivity contribution in [1.29, 1.82) is 0 Å². The number of hydrogen-bond donors (Lipinski definition) is 2. The third kappa shape index (κ3) is 3.32. The van der Waals surface area contributed by atoms with E-state index in [1.54, 1.807) is 0 Å². The number of benzene rings is 1. The Balaban J connectivity index is 2.46. The van der Waals surface area contributed by atoms with Gasteiger partial charge in [0, 0.05) is 12.0 Å². The van der Waals surface area contributed by atoms with E-state index in [2.05, 4.69) is 0 Å². The number of esters is 1. The number of allylic oxidation sites excluding steroid dienone is 2. The fourth-order valence-corrected chi connectivity index (χ4v) is 2.92. The Morgan fingerprint density at radius 3 is 2.42 bits per heavy atom. The number of carbonyl (C=O) groups is 3. The lowest BCUT2D eigenvalue weighted by atomic mass is 9.87. The lowest BCUT2D eigenvalue weighted by molar-refractivity contribution is -0.136. The van der Waals surface area contributed by atoms with Crippen molar-refractivity contribution in [3.8, 4) is 0 Å². The van der Waals surface area contributed by atoms with Crippen molar-refractivity contribution in [2.24, 2.45) is 0 Å². The van der Waals surface area contributed by atoms with Crippen molar-refractivity contribution >= 4 is 17.9 Å². The second-order valence-electron chi connectivity index (χ2n) is 5.99. The first-order chi connectivity index (χ1) is 11.2. The minimum atomic E-state index is -1.15. The molecule has 0 unspecified atom stereocenters. The van der Waals surface area contributed by atoms with Gasteiger partial charge >= 0.3 is 17.9 Å². The molecule has 2 rings (SSSR count). The van der Waals surface area contributed by atoms with Gasteiger partial charge in [0.25, 0.3) is 0 Å². The van der Waals surface area contributed by atoms with Crippen LogP contribution in [0.2, 0.25) is 0 Å². The SMILES string of the molecule is C/C(=C\Cc1c(C)c(C)c2c(c1C(=O)O)C(=O)OC2)CCC(=O)O. The topological polar surface area (TPSA) is 101 Å². The molecule has 0 amide bonds. The number of carboxylic acids is 2. The standard InChI is InChI=1S/C18H20O6/c1-9(5-7-14(19)20)4-6-12-10(2)11(3)13-8-24-18(23)16(13)15(12)17(21)22/h4H,5-8H2,1-3H3,(H,19,20)(H,21,22)/b9-4+. The average Bonchev–Trinajstić information content (AvgIpc) is 2.88. The Morgan fingerprint density at radius 2 is 1.83 bits per heavy atom. The molecule has 1 heterocycles. The van der Waals surface area contributed by atoms with Crippen molar-refractivity contribution in [3.63, 3.8) is 0 Å². The molecular weight excluding hydrogens is 312 g/mol. The number of carboxylic acid groups (broad SMARTS) is 2. The molecule has 0 spiro atoms. The van der Waals surface area contributed by atoms with Gasteiger partial charge < -0.3 is 14.9 Å². The van der Waals surface area contributed by atoms with Gasteiger partial charge in [-0.1, -0.05) is 11.6 Å². The molecule has 2 N–H and O–H groups in total. The fraction of sp³-hybridized carbons (Fsp3) is 0.389. The summed E-state index contributed by atoms with van der Waals surface area (Å²) in [6, 6.07) is 0. The third-order valence-electron chi connectivity index (χ3n) is 4.47. The summed E-state index contributed by atoms with van der Waals surface area (Å²) >= 11 is 0. The molecule has 0 aliphatic carbocycles. The largest absolute Gasteiger partial charge is 0.481 e. The van der Waals surface area contributed by atoms with Crippen molar-refractivity contribution < 1.29 is 29.3 Å². The highest BCUT2D eigenvalue weighted by atomic mass is 16.5. The Labute approximate surface area is 139 Å². The summed E-state index contributed by atoms with van der Waals surface area (Å²) in [5, 5.41) is 18.3. The fourth-order valence-electron chi connectivity index (χ4n) is 2.92. The molecule has 1 aromatic rings. The monoisotopic (exact) mass is 332 g/mol. The number of carbonyl (C=O) groups excluding carboxylic acids is 1. The molecule has 1 aliphatic heterocycles. The second kappa shape index (κ2) is 6.86. The van der Waals surface area contributed by atoms with Crippen LogP contribution in [0.1, 0.15) is 62.7 Å². The van der Waals surface area contributed by atoms with E-state index >= 15 is 0 Å². The lowest BCUT2D eigenvalue weighted by Gasteiger charge is -2.15. The van der Waals surface area contributed by atoms with E-state index in [9.17, 15) is 19.5 Å². The van der Waals surface area contributed by atoms with Gasteiger partial charge in [0.2, 0.25) is 0 Å². The summed E-state index contributed by atoms with van der Waals surface area (Å²) in [6.07, 6.45) is 2.59. The minimum Gasteiger partial charge on any atom is -0.481 e. The van der Waals surface area contributed by atoms with E-state index in [1.165, 1.54) is 0 Å². The number of fused-ring (bicyclic) bond motifs is 1. The maximum absolute atomic E-state index is 12.0. The number of rotatable bonds is 6. The van der Waals surface area contributed by atoms with Crippen LogP contribution in [0.5, 0.6) is 0 Å². The van der Waals surface area contributed by atoms with Crippen molar-refractivity contribution in [2.45, 2.75) is 46.6 Å². The van der Waals surface area contributed by atoms with Gasteiger partial charge in [0.1, 0.15) is 6.61 Å². The highest BCUT2D eigenvalue weighted by molar-refractivity contribution is 6.06. The van der Waals surface area contributed by atoms with E-state index in [1.807, 2.05) is 26.8 Å². The molecule has 0 saturated carbocycles. The van der Waals surface area contributed by atoms with Gasteiger partial charge in [-0.3, -0.25) is 4.79 Å². The molecule has 1 aromatic carbocycles. The quantitative estimate of drug-likeness (QED) is 0.613. The zero-order chi connectivity index (χ0) is 18.0. The third-order valence-corrected chi connectivity index (χ3v) is 4.47. The van der Waals surface area contributed by atoms with E-state index in [-0.39, 0.29) is 24.2 Å². The number of aliphatic carboxylic acids is 1. The van der Waals surface area contributed by atoms with Crippen molar-refractivity contribution in [2.75, 3.05) is 0 Å². The summed E-state index contributed by atoms with van der Waals surface area (Å²) in [6.45, 7) is 5.61. The maximum atomic E-state index is 12.0. The van der Waals surface area contributed by atoms with Crippen LogP contribution in [0.4, 0.5) is 0 Å². The maximum Gasteiger partial charge on any atom is 0.339 e. The van der Waals surface area contributed by atoms with Crippen molar-refractivity contribution in [1.82, 2.24) is 0 Å². The van der Waals surface area contributed by atoms with Crippen LogP contribution in [-0.4, -0.2) is 28.1 Å². The molecule has 0 radical (unpaired) electrons. The molecule has 0 bridgehead atoms. The summed E-state index contributed by atoms with van der Waals surface area (Å²) in [5.41, 5.74) is 3.93. The summed E-state index contributed by atoms with van der Waals surface area (Å²) in [4.78, 5) is 34.3. The molecule has 24 heavy (non-hydrogen) atoms. The lowest BCUT2D eigenvalue weighted by Crippen LogP contribution is -2.13. The molecule has 6 heteroatoms. The first kappa shape index (κ1) is 17.7. The number of ether oxygens (including phenoxy) is 1. The van der Waals surface area contributed by atoms with Crippen LogP contribution in [0, 0.1) is 13.8 Å². The van der Waals surface area contributed by atoms with Gasteiger partial charge in [-0.2, -0.15) is 0 Å². The van der Waals surface area contributed by atoms with Gasteiger partial charge in [-0.25, -0.2) is 9.59 Å². The van der Waals surface area contributed by atoms with Crippen LogP contribution in [-0.2, 0) is 22.6 Å². The first-order valence-corrected chi connectivity index (χ1v) is 7.66. The van der Waals surface area contributed by atoms with Crippen LogP contribution in [0.15, 0.2) is 11.6 Å². The smallest absolute Gasteiger partial charge is 0.339 e. The van der Waals surface area contributed by atoms with Crippen LogP contribution in [0.25, 0.3) is 0 Å². The van der Waals surface area contributed by atoms with E-state index < -0.39 is 17.9 Å². The number of cyclic esters (lactones) is 1. The molecule has 0 saturated heterocycles. The van der Waals surface area contributed by atoms with E-state index in [4.69, 9.17) is 9.84 Å². The zero-order valence-corrected chi connectivity index (χ0v) is 13.9. The van der Waals surface area contributed by atoms with Crippen LogP contribution >= 0.6 is 0 Å².